The average Bonchev–Trinajstić information content (AvgIpc) is 3.11. The fourth-order valence-corrected chi connectivity index (χ4v) is 3.07. The molecule has 2 heterocycles. The number of hydrogen-bond acceptors (Lipinski definition) is 5. The predicted molar refractivity (Wildman–Crippen MR) is 96.0 cm³/mol. The molecule has 1 aromatic heterocycles. The molecule has 1 aliphatic heterocycles. The number of hydrogen-bond donors (Lipinski definition) is 1. The second-order valence-electron chi connectivity index (χ2n) is 6.06. The number of nitrogen functional groups attached to an aromatic ring is 1. The van der Waals surface area contributed by atoms with Gasteiger partial charge >= 0.3 is 0 Å². The van der Waals surface area contributed by atoms with Gasteiger partial charge in [0, 0.05) is 11.6 Å². The molecule has 0 fully saturated rings. The lowest BCUT2D eigenvalue weighted by Gasteiger charge is -2.12. The van der Waals surface area contributed by atoms with Gasteiger partial charge in [-0.1, -0.05) is 29.8 Å². The molecule has 0 unspecified atom stereocenters. The third kappa shape index (κ3) is 2.52. The molecule has 2 aromatic carbocycles. The van der Waals surface area contributed by atoms with Crippen LogP contribution in [0.25, 0.3) is 11.3 Å². The van der Waals surface area contributed by atoms with Gasteiger partial charge in [0.05, 0.1) is 11.1 Å². The Balaban J connectivity index is 1.87. The molecule has 0 atom stereocenters. The van der Waals surface area contributed by atoms with Gasteiger partial charge in [-0.2, -0.15) is 4.73 Å². The van der Waals surface area contributed by atoms with Gasteiger partial charge in [0.1, 0.15) is 5.69 Å². The SMILES string of the molecule is Cc1cccc(C(=O)c2cc[n+]([O-])c(-c3cccc4c3OCO4)c2N)c1. The van der Waals surface area contributed by atoms with E-state index in [2.05, 4.69) is 0 Å². The molecule has 6 nitrogen and oxygen atoms in total. The Hall–Kier alpha value is -3.54. The van der Waals surface area contributed by atoms with Gasteiger partial charge in [0.15, 0.2) is 23.5 Å². The van der Waals surface area contributed by atoms with E-state index in [9.17, 15) is 10.0 Å². The number of benzene rings is 2. The Labute approximate surface area is 150 Å². The van der Waals surface area contributed by atoms with Crippen LogP contribution in [0.1, 0.15) is 21.5 Å². The van der Waals surface area contributed by atoms with Crippen LogP contribution >= 0.6 is 0 Å². The van der Waals surface area contributed by atoms with Gasteiger partial charge in [-0.05, 0) is 25.1 Å². The zero-order chi connectivity index (χ0) is 18.3. The van der Waals surface area contributed by atoms with Gasteiger partial charge < -0.3 is 20.4 Å². The Morgan fingerprint density at radius 2 is 1.96 bits per heavy atom. The fraction of sp³-hybridized carbons (Fsp3) is 0.100. The first-order valence-electron chi connectivity index (χ1n) is 8.08. The summed E-state index contributed by atoms with van der Waals surface area (Å²) in [6.07, 6.45) is 1.28. The van der Waals surface area contributed by atoms with E-state index in [1.54, 1.807) is 30.3 Å². The molecule has 1 aliphatic rings. The minimum Gasteiger partial charge on any atom is -0.618 e. The van der Waals surface area contributed by atoms with Crippen LogP contribution in [0.2, 0.25) is 0 Å². The summed E-state index contributed by atoms with van der Waals surface area (Å²) in [4.78, 5) is 12.9. The van der Waals surface area contributed by atoms with Crippen molar-refractivity contribution in [2.45, 2.75) is 6.92 Å². The second-order valence-corrected chi connectivity index (χ2v) is 6.06. The minimum atomic E-state index is -0.238. The van der Waals surface area contributed by atoms with Gasteiger partial charge in [-0.15, -0.1) is 0 Å². The van der Waals surface area contributed by atoms with Crippen molar-refractivity contribution < 1.29 is 19.0 Å². The number of rotatable bonds is 3. The molecular weight excluding hydrogens is 332 g/mol. The van der Waals surface area contributed by atoms with E-state index >= 15 is 0 Å². The fourth-order valence-electron chi connectivity index (χ4n) is 3.07. The molecule has 130 valence electrons. The molecule has 0 bridgehead atoms. The zero-order valence-corrected chi connectivity index (χ0v) is 14.1. The molecule has 4 rings (SSSR count). The van der Waals surface area contributed by atoms with E-state index < -0.39 is 0 Å². The van der Waals surface area contributed by atoms with Gasteiger partial charge in [0.25, 0.3) is 5.69 Å². The summed E-state index contributed by atoms with van der Waals surface area (Å²) >= 11 is 0. The van der Waals surface area contributed by atoms with E-state index in [1.165, 1.54) is 12.3 Å². The van der Waals surface area contributed by atoms with Crippen LogP contribution in [-0.2, 0) is 0 Å². The Morgan fingerprint density at radius 3 is 2.77 bits per heavy atom. The van der Waals surface area contributed by atoms with Crippen molar-refractivity contribution in [3.05, 3.63) is 76.6 Å². The highest BCUT2D eigenvalue weighted by Crippen LogP contribution is 2.42. The third-order valence-electron chi connectivity index (χ3n) is 4.32. The number of aryl methyl sites for hydroxylation is 1. The molecule has 0 saturated carbocycles. The van der Waals surface area contributed by atoms with E-state index in [4.69, 9.17) is 15.2 Å². The quantitative estimate of drug-likeness (QED) is 0.447. The normalized spacial score (nSPS) is 12.2. The standard InChI is InChI=1S/C20H16N2O4/c1-12-4-2-5-13(10-12)19(23)14-8-9-22(24)18(17(14)21)15-6-3-7-16-20(15)26-11-25-16/h2-10H,11,21H2,1H3. The predicted octanol–water partition coefficient (Wildman–Crippen LogP) is 2.84. The van der Waals surface area contributed by atoms with Crippen molar-refractivity contribution in [1.29, 1.82) is 0 Å². The van der Waals surface area contributed by atoms with E-state index in [-0.39, 0.29) is 29.5 Å². The largest absolute Gasteiger partial charge is 0.618 e. The van der Waals surface area contributed by atoms with Crippen molar-refractivity contribution in [3.8, 4) is 22.8 Å². The van der Waals surface area contributed by atoms with E-state index in [0.717, 1.165) is 5.56 Å². The van der Waals surface area contributed by atoms with Crippen LogP contribution in [0.3, 0.4) is 0 Å². The molecule has 0 aliphatic carbocycles. The van der Waals surface area contributed by atoms with Gasteiger partial charge in [-0.3, -0.25) is 4.79 Å². The zero-order valence-electron chi connectivity index (χ0n) is 14.1. The number of pyridine rings is 1. The summed E-state index contributed by atoms with van der Waals surface area (Å²) in [5.41, 5.74) is 8.78. The van der Waals surface area contributed by atoms with E-state index in [1.807, 2.05) is 19.1 Å². The molecule has 6 heteroatoms. The maximum absolute atomic E-state index is 12.9. The average molecular weight is 348 g/mol. The van der Waals surface area contributed by atoms with Crippen molar-refractivity contribution in [1.82, 2.24) is 0 Å². The number of carbonyl (C=O) groups is 1. The Morgan fingerprint density at radius 1 is 1.15 bits per heavy atom. The molecular formula is C20H16N2O4. The summed E-state index contributed by atoms with van der Waals surface area (Å²) in [5.74, 6) is 0.749. The molecule has 2 N–H and O–H groups in total. The van der Waals surface area contributed by atoms with Crippen molar-refractivity contribution in [3.63, 3.8) is 0 Å². The third-order valence-corrected chi connectivity index (χ3v) is 4.32. The highest BCUT2D eigenvalue weighted by atomic mass is 16.7. The van der Waals surface area contributed by atoms with Crippen molar-refractivity contribution in [2.24, 2.45) is 0 Å². The summed E-state index contributed by atoms with van der Waals surface area (Å²) < 4.78 is 11.5. The molecule has 0 amide bonds. The monoisotopic (exact) mass is 348 g/mol. The van der Waals surface area contributed by atoms with Crippen LogP contribution in [-0.4, -0.2) is 12.6 Å². The number of aromatic nitrogens is 1. The number of anilines is 1. The Bertz CT molecular complexity index is 1030. The second kappa shape index (κ2) is 6.07. The number of para-hydroxylation sites is 1. The van der Waals surface area contributed by atoms with E-state index in [0.29, 0.717) is 27.4 Å². The molecule has 0 spiro atoms. The van der Waals surface area contributed by atoms with Crippen LogP contribution in [0, 0.1) is 12.1 Å². The first kappa shape index (κ1) is 16.0. The lowest BCUT2D eigenvalue weighted by Crippen LogP contribution is -2.31. The number of carbonyl (C=O) groups excluding carboxylic acids is 1. The summed E-state index contributed by atoms with van der Waals surface area (Å²) in [7, 11) is 0. The van der Waals surface area contributed by atoms with Crippen LogP contribution < -0.4 is 19.9 Å². The maximum atomic E-state index is 12.9. The smallest absolute Gasteiger partial charge is 0.251 e. The number of fused-ring (bicyclic) bond motifs is 1. The molecule has 3 aromatic rings. The maximum Gasteiger partial charge on any atom is 0.251 e. The molecule has 0 radical (unpaired) electrons. The molecule has 26 heavy (non-hydrogen) atoms. The topological polar surface area (TPSA) is 88.5 Å². The Kier molecular flexibility index (Phi) is 3.73. The highest BCUT2D eigenvalue weighted by molar-refractivity contribution is 6.13. The number of ether oxygens (including phenoxy) is 2. The minimum absolute atomic E-state index is 0.0764. The number of ketones is 1. The van der Waals surface area contributed by atoms with Crippen LogP contribution in [0.15, 0.2) is 54.7 Å². The first-order valence-corrected chi connectivity index (χ1v) is 8.08. The van der Waals surface area contributed by atoms with Crippen molar-refractivity contribution >= 4 is 11.5 Å². The van der Waals surface area contributed by atoms with Crippen LogP contribution in [0.4, 0.5) is 5.69 Å². The lowest BCUT2D eigenvalue weighted by molar-refractivity contribution is -0.593. The van der Waals surface area contributed by atoms with Crippen LogP contribution in [0.5, 0.6) is 11.5 Å². The summed E-state index contributed by atoms with van der Waals surface area (Å²) in [5, 5.41) is 12.4. The van der Waals surface area contributed by atoms with Crippen molar-refractivity contribution in [2.75, 3.05) is 12.5 Å². The lowest BCUT2D eigenvalue weighted by atomic mass is 9.98. The summed E-state index contributed by atoms with van der Waals surface area (Å²) in [6, 6.07) is 13.9. The number of nitrogens with two attached hydrogens (primary N) is 1. The first-order chi connectivity index (χ1) is 12.6. The number of nitrogens with zero attached hydrogens (tertiary/aromatic N) is 1. The molecule has 0 saturated heterocycles. The van der Waals surface area contributed by atoms with Gasteiger partial charge in [0.2, 0.25) is 6.79 Å². The summed E-state index contributed by atoms with van der Waals surface area (Å²) in [6.45, 7) is 1.99. The highest BCUT2D eigenvalue weighted by Gasteiger charge is 2.28. The van der Waals surface area contributed by atoms with Gasteiger partial charge in [-0.25, -0.2) is 0 Å².